The highest BCUT2D eigenvalue weighted by atomic mass is 35.5. The Hall–Kier alpha value is -1.99. The number of aromatic hydroxyl groups is 1. The van der Waals surface area contributed by atoms with Gasteiger partial charge in [0.25, 0.3) is 0 Å². The predicted molar refractivity (Wildman–Crippen MR) is 84.3 cm³/mol. The molecule has 2 aromatic rings. The zero-order chi connectivity index (χ0) is 18.6. The Bertz CT molecular complexity index is 747. The van der Waals surface area contributed by atoms with Gasteiger partial charge in [0.2, 0.25) is 0 Å². The third-order valence-electron chi connectivity index (χ3n) is 3.31. The van der Waals surface area contributed by atoms with Crippen molar-refractivity contribution in [3.05, 3.63) is 46.7 Å². The van der Waals surface area contributed by atoms with Crippen LogP contribution in [0.4, 0.5) is 17.6 Å². The number of ether oxygens (including phenoxy) is 2. The summed E-state index contributed by atoms with van der Waals surface area (Å²) in [6, 6.07) is 6.28. The Balaban J connectivity index is 2.47. The minimum Gasteiger partial charge on any atom is -0.506 e. The highest BCUT2D eigenvalue weighted by molar-refractivity contribution is 6.32. The Kier molecular flexibility index (Phi) is 6.13. The second-order valence-electron chi connectivity index (χ2n) is 5.06. The van der Waals surface area contributed by atoms with Gasteiger partial charge < -0.3 is 14.6 Å². The zero-order valence-corrected chi connectivity index (χ0v) is 13.8. The van der Waals surface area contributed by atoms with E-state index in [2.05, 4.69) is 6.07 Å². The fourth-order valence-corrected chi connectivity index (χ4v) is 2.26. The first-order valence-electron chi connectivity index (χ1n) is 7.18. The second kappa shape index (κ2) is 7.93. The van der Waals surface area contributed by atoms with Crippen molar-refractivity contribution in [1.29, 1.82) is 0 Å². The second-order valence-corrected chi connectivity index (χ2v) is 5.44. The van der Waals surface area contributed by atoms with Crippen LogP contribution in [0.15, 0.2) is 24.3 Å². The van der Waals surface area contributed by atoms with Gasteiger partial charge in [-0.1, -0.05) is 11.6 Å². The van der Waals surface area contributed by atoms with Gasteiger partial charge in [-0.25, -0.2) is 4.39 Å². The Morgan fingerprint density at radius 2 is 1.80 bits per heavy atom. The van der Waals surface area contributed by atoms with Gasteiger partial charge in [-0.15, -0.1) is 0 Å². The summed E-state index contributed by atoms with van der Waals surface area (Å²) < 4.78 is 62.4. The first-order chi connectivity index (χ1) is 11.8. The maximum atomic E-state index is 13.4. The Morgan fingerprint density at radius 3 is 2.44 bits per heavy atom. The molecule has 25 heavy (non-hydrogen) atoms. The molecule has 0 spiro atoms. The minimum absolute atomic E-state index is 0.0399. The Morgan fingerprint density at radius 1 is 1.12 bits per heavy atom. The number of phenolic OH excluding ortho intramolecular Hbond substituents is 1. The van der Waals surface area contributed by atoms with E-state index in [1.54, 1.807) is 0 Å². The molecule has 0 unspecified atom stereocenters. The fraction of sp³-hybridized carbons (Fsp3) is 0.294. The standard InChI is InChI=1S/C17H14ClF4O3/c1-24-7-2-8-25-14-9-10(17(20,21)22)3-4-11(14)12-5-6-13(19)15(18)16(12)23/h3-6,23H,2,7-8H2,1H3. The minimum atomic E-state index is -4.61. The van der Waals surface area contributed by atoms with Gasteiger partial charge >= 0.3 is 6.18 Å². The summed E-state index contributed by atoms with van der Waals surface area (Å²) in [6.07, 6.45) is -4.16. The molecule has 135 valence electrons. The molecule has 0 aliphatic rings. The van der Waals surface area contributed by atoms with Crippen LogP contribution in [-0.2, 0) is 10.9 Å². The van der Waals surface area contributed by atoms with Crippen LogP contribution in [0.3, 0.4) is 0 Å². The number of phenols is 1. The molecule has 0 amide bonds. The molecule has 0 saturated heterocycles. The van der Waals surface area contributed by atoms with Gasteiger partial charge in [0, 0.05) is 37.3 Å². The molecule has 1 N–H and O–H groups in total. The molecule has 0 atom stereocenters. The van der Waals surface area contributed by atoms with Crippen LogP contribution in [0.2, 0.25) is 5.02 Å². The molecule has 0 aliphatic heterocycles. The molecule has 0 bridgehead atoms. The topological polar surface area (TPSA) is 38.7 Å². The summed E-state index contributed by atoms with van der Waals surface area (Å²) >= 11 is 5.66. The van der Waals surface area contributed by atoms with E-state index in [-0.39, 0.29) is 23.5 Å². The van der Waals surface area contributed by atoms with Crippen molar-refractivity contribution in [2.75, 3.05) is 20.3 Å². The molecule has 0 saturated carbocycles. The van der Waals surface area contributed by atoms with E-state index in [0.717, 1.165) is 18.2 Å². The number of alkyl halides is 3. The lowest BCUT2D eigenvalue weighted by molar-refractivity contribution is -0.137. The van der Waals surface area contributed by atoms with Crippen LogP contribution >= 0.6 is 11.6 Å². The highest BCUT2D eigenvalue weighted by Gasteiger charge is 2.32. The van der Waals surface area contributed by atoms with Crippen LogP contribution < -0.4 is 4.74 Å². The van der Waals surface area contributed by atoms with Gasteiger partial charge in [-0.05, 0) is 24.3 Å². The summed E-state index contributed by atoms with van der Waals surface area (Å²) in [5.74, 6) is -1.65. The van der Waals surface area contributed by atoms with E-state index in [1.165, 1.54) is 13.2 Å². The highest BCUT2D eigenvalue weighted by Crippen LogP contribution is 2.42. The molecule has 1 radical (unpaired) electrons. The first-order valence-corrected chi connectivity index (χ1v) is 7.56. The third kappa shape index (κ3) is 4.55. The van der Waals surface area contributed by atoms with Crippen LogP contribution in [0.1, 0.15) is 12.0 Å². The van der Waals surface area contributed by atoms with E-state index in [4.69, 9.17) is 21.1 Å². The van der Waals surface area contributed by atoms with Crippen LogP contribution in [0, 0.1) is 11.9 Å². The molecular weight excluding hydrogens is 364 g/mol. The van der Waals surface area contributed by atoms with Gasteiger partial charge in [0.05, 0.1) is 12.2 Å². The summed E-state index contributed by atoms with van der Waals surface area (Å²) in [7, 11) is 1.49. The molecule has 2 rings (SSSR count). The van der Waals surface area contributed by atoms with Crippen molar-refractivity contribution in [3.8, 4) is 22.6 Å². The normalized spacial score (nSPS) is 11.6. The van der Waals surface area contributed by atoms with Crippen molar-refractivity contribution < 1.29 is 32.1 Å². The summed E-state index contributed by atoms with van der Waals surface area (Å²) in [6.45, 7) is 0.441. The number of rotatable bonds is 6. The predicted octanol–water partition coefficient (Wildman–Crippen LogP) is 5.09. The van der Waals surface area contributed by atoms with Gasteiger partial charge in [-0.2, -0.15) is 13.2 Å². The van der Waals surface area contributed by atoms with Crippen molar-refractivity contribution in [1.82, 2.24) is 0 Å². The van der Waals surface area contributed by atoms with Crippen molar-refractivity contribution in [2.24, 2.45) is 0 Å². The van der Waals surface area contributed by atoms with Crippen molar-refractivity contribution >= 4 is 11.6 Å². The van der Waals surface area contributed by atoms with Crippen LogP contribution in [0.5, 0.6) is 11.5 Å². The van der Waals surface area contributed by atoms with E-state index >= 15 is 0 Å². The van der Waals surface area contributed by atoms with Crippen LogP contribution in [-0.4, -0.2) is 25.4 Å². The lowest BCUT2D eigenvalue weighted by atomic mass is 10.0. The maximum absolute atomic E-state index is 13.4. The average molecular weight is 378 g/mol. The van der Waals surface area contributed by atoms with E-state index < -0.39 is 28.3 Å². The molecule has 2 aromatic carbocycles. The zero-order valence-electron chi connectivity index (χ0n) is 13.1. The number of methoxy groups -OCH3 is 1. The van der Waals surface area contributed by atoms with E-state index in [0.29, 0.717) is 13.0 Å². The SMILES string of the molecule is COCCCOc1[c]c(C(F)(F)F)ccc1-c1ccc(F)c(Cl)c1O. The Labute approximate surface area is 146 Å². The number of hydrogen-bond acceptors (Lipinski definition) is 3. The summed E-state index contributed by atoms with van der Waals surface area (Å²) in [5.41, 5.74) is -0.867. The van der Waals surface area contributed by atoms with E-state index in [9.17, 15) is 22.7 Å². The molecule has 8 heteroatoms. The molecule has 0 heterocycles. The smallest absolute Gasteiger partial charge is 0.417 e. The quantitative estimate of drug-likeness (QED) is 0.563. The monoisotopic (exact) mass is 377 g/mol. The number of benzene rings is 2. The molecule has 0 fully saturated rings. The fourth-order valence-electron chi connectivity index (χ4n) is 2.10. The van der Waals surface area contributed by atoms with E-state index in [1.807, 2.05) is 0 Å². The summed E-state index contributed by atoms with van der Waals surface area (Å²) in [4.78, 5) is 0. The van der Waals surface area contributed by atoms with Crippen molar-refractivity contribution in [3.63, 3.8) is 0 Å². The van der Waals surface area contributed by atoms with Gasteiger partial charge in [0.1, 0.15) is 22.3 Å². The molecule has 0 aromatic heterocycles. The largest absolute Gasteiger partial charge is 0.506 e. The lowest BCUT2D eigenvalue weighted by Gasteiger charge is -2.15. The average Bonchev–Trinajstić information content (AvgIpc) is 2.56. The maximum Gasteiger partial charge on any atom is 0.417 e. The van der Waals surface area contributed by atoms with Crippen LogP contribution in [0.25, 0.3) is 11.1 Å². The van der Waals surface area contributed by atoms with Gasteiger partial charge in [-0.3, -0.25) is 0 Å². The van der Waals surface area contributed by atoms with Crippen molar-refractivity contribution in [2.45, 2.75) is 12.6 Å². The summed E-state index contributed by atoms with van der Waals surface area (Å²) in [5, 5.41) is 9.49. The number of halogens is 5. The lowest BCUT2D eigenvalue weighted by Crippen LogP contribution is -2.08. The molecular formula is C17H14ClF4O3. The third-order valence-corrected chi connectivity index (χ3v) is 3.67. The van der Waals surface area contributed by atoms with Gasteiger partial charge in [0.15, 0.2) is 0 Å². The molecule has 3 nitrogen and oxygen atoms in total. The molecule has 0 aliphatic carbocycles. The number of hydrogen-bond donors (Lipinski definition) is 1. The first kappa shape index (κ1) is 19.3.